The second-order valence-corrected chi connectivity index (χ2v) is 3.85. The summed E-state index contributed by atoms with van der Waals surface area (Å²) in [5.74, 6) is -1.62. The minimum absolute atomic E-state index is 0. The molecule has 2 aromatic carbocycles. The molecule has 0 amide bonds. The Bertz CT molecular complexity index is 650. The van der Waals surface area contributed by atoms with E-state index in [1.54, 1.807) is 18.2 Å². The van der Waals surface area contributed by atoms with E-state index in [0.29, 0.717) is 0 Å². The minimum Gasteiger partial charge on any atom is -0.386 e. The lowest BCUT2D eigenvalue weighted by Crippen LogP contribution is -2.12. The largest absolute Gasteiger partial charge is 0.386 e. The Hall–Kier alpha value is -3.02. The monoisotopic (exact) mass is 287 g/mol. The second kappa shape index (κ2) is 6.95. The van der Waals surface area contributed by atoms with E-state index in [-0.39, 0.29) is 24.2 Å². The molecular weight excluding hydrogens is 274 g/mol. The van der Waals surface area contributed by atoms with Crippen molar-refractivity contribution in [3.63, 3.8) is 0 Å². The van der Waals surface area contributed by atoms with Crippen molar-refractivity contribution in [2.24, 2.45) is 0 Å². The van der Waals surface area contributed by atoms with Crippen LogP contribution in [0.15, 0.2) is 54.6 Å². The Labute approximate surface area is 121 Å². The Balaban J connectivity index is 0.00000220. The predicted molar refractivity (Wildman–Crippen MR) is 76.0 cm³/mol. The zero-order valence-corrected chi connectivity index (χ0v) is 10.2. The smallest absolute Gasteiger partial charge is 0.346 e. The molecule has 0 radical (unpaired) electrons. The Kier molecular flexibility index (Phi) is 5.31. The lowest BCUT2D eigenvalue weighted by molar-refractivity contribution is -0.384. The van der Waals surface area contributed by atoms with Crippen LogP contribution in [-0.4, -0.2) is 16.9 Å². The lowest BCUT2D eigenvalue weighted by atomic mass is 10.2. The van der Waals surface area contributed by atoms with E-state index in [0.717, 1.165) is 0 Å². The average Bonchev–Trinajstić information content (AvgIpc) is 2.48. The molecule has 0 aliphatic heterocycles. The van der Waals surface area contributed by atoms with Gasteiger partial charge in [0.15, 0.2) is 0 Å². The molecule has 0 unspecified atom stereocenters. The molecule has 6 heteroatoms. The predicted octanol–water partition coefficient (Wildman–Crippen LogP) is 3.23. The van der Waals surface area contributed by atoms with Crippen LogP contribution in [0.4, 0.5) is 5.69 Å². The molecule has 0 heterocycles. The third kappa shape index (κ3) is 3.97. The number of hydrogen-bond acceptors (Lipinski definition) is 5. The fourth-order valence-corrected chi connectivity index (χ4v) is 1.50. The van der Waals surface area contributed by atoms with E-state index in [9.17, 15) is 19.7 Å². The lowest BCUT2D eigenvalue weighted by Gasteiger charge is -2.02. The molecule has 0 aromatic heterocycles. The van der Waals surface area contributed by atoms with Crippen molar-refractivity contribution in [1.29, 1.82) is 0 Å². The van der Waals surface area contributed by atoms with Crippen LogP contribution in [0.5, 0.6) is 0 Å². The zero-order valence-electron chi connectivity index (χ0n) is 10.2. The maximum absolute atomic E-state index is 11.7. The van der Waals surface area contributed by atoms with Crippen molar-refractivity contribution < 1.29 is 19.2 Å². The van der Waals surface area contributed by atoms with Gasteiger partial charge in [-0.1, -0.05) is 25.6 Å². The number of rotatable bonds is 3. The van der Waals surface area contributed by atoms with E-state index in [4.69, 9.17) is 0 Å². The van der Waals surface area contributed by atoms with Crippen LogP contribution in [0.1, 0.15) is 28.1 Å². The first-order valence-corrected chi connectivity index (χ1v) is 5.64. The molecule has 0 aliphatic carbocycles. The number of benzene rings is 2. The highest BCUT2D eigenvalue weighted by molar-refractivity contribution is 6.02. The number of hydrogen-bond donors (Lipinski definition) is 0. The third-order valence-corrected chi connectivity index (χ3v) is 2.51. The maximum atomic E-state index is 11.7. The summed E-state index contributed by atoms with van der Waals surface area (Å²) in [6, 6.07) is 12.9. The number of nitrogens with zero attached hydrogens (tertiary/aromatic N) is 1. The number of nitro benzene ring substituents is 1. The molecule has 0 N–H and O–H groups in total. The second-order valence-electron chi connectivity index (χ2n) is 3.85. The number of carbonyl (C=O) groups excluding carboxylic acids is 2. The first-order chi connectivity index (χ1) is 9.58. The van der Waals surface area contributed by atoms with Crippen molar-refractivity contribution in [2.75, 3.05) is 0 Å². The van der Waals surface area contributed by atoms with Gasteiger partial charge in [0.1, 0.15) is 0 Å². The van der Waals surface area contributed by atoms with Crippen LogP contribution in [0, 0.1) is 10.1 Å². The summed E-state index contributed by atoms with van der Waals surface area (Å²) in [5, 5.41) is 10.5. The molecule has 0 aliphatic rings. The minimum atomic E-state index is -0.853. The van der Waals surface area contributed by atoms with E-state index >= 15 is 0 Å². The first kappa shape index (κ1) is 16.0. The van der Waals surface area contributed by atoms with Crippen LogP contribution in [0.25, 0.3) is 0 Å². The molecule has 6 nitrogen and oxygen atoms in total. The molecule has 21 heavy (non-hydrogen) atoms. The van der Waals surface area contributed by atoms with Gasteiger partial charge in [-0.2, -0.15) is 0 Å². The summed E-state index contributed by atoms with van der Waals surface area (Å²) in [6.07, 6.45) is 0. The highest BCUT2D eigenvalue weighted by Crippen LogP contribution is 2.13. The molecule has 2 rings (SSSR count). The molecule has 0 bridgehead atoms. The van der Waals surface area contributed by atoms with Crippen LogP contribution in [0.2, 0.25) is 0 Å². The number of non-ortho nitro benzene ring substituents is 1. The number of esters is 2. The van der Waals surface area contributed by atoms with Gasteiger partial charge in [-0.15, -0.1) is 0 Å². The van der Waals surface area contributed by atoms with Crippen LogP contribution in [0.3, 0.4) is 0 Å². The Morgan fingerprint density at radius 1 is 0.857 bits per heavy atom. The summed E-state index contributed by atoms with van der Waals surface area (Å²) in [5.41, 5.74) is 0.179. The van der Waals surface area contributed by atoms with Gasteiger partial charge in [0, 0.05) is 12.1 Å². The fraction of sp³-hybridized carbons (Fsp3) is 0.0667. The van der Waals surface area contributed by atoms with Crippen LogP contribution in [-0.2, 0) is 4.74 Å². The van der Waals surface area contributed by atoms with Crippen molar-refractivity contribution in [2.45, 2.75) is 7.43 Å². The van der Waals surface area contributed by atoms with Crippen molar-refractivity contribution in [1.82, 2.24) is 0 Å². The standard InChI is InChI=1S/C14H9NO5.CH4/c16-13(10-4-2-1-3-5-10)20-14(17)11-6-8-12(9-7-11)15(18)19;/h1-9H;1H4. The maximum Gasteiger partial charge on any atom is 0.346 e. The average molecular weight is 287 g/mol. The molecule has 2 aromatic rings. The van der Waals surface area contributed by atoms with Crippen molar-refractivity contribution in [3.05, 3.63) is 75.8 Å². The molecular formula is C15H13NO5. The van der Waals surface area contributed by atoms with Gasteiger partial charge in [-0.3, -0.25) is 10.1 Å². The Morgan fingerprint density at radius 3 is 1.81 bits per heavy atom. The summed E-state index contributed by atoms with van der Waals surface area (Å²) < 4.78 is 4.68. The third-order valence-electron chi connectivity index (χ3n) is 2.51. The van der Waals surface area contributed by atoms with E-state index in [1.165, 1.54) is 36.4 Å². The summed E-state index contributed by atoms with van der Waals surface area (Å²) >= 11 is 0. The van der Waals surface area contributed by atoms with Crippen molar-refractivity contribution >= 4 is 17.6 Å². The number of ether oxygens (including phenoxy) is 1. The molecule has 0 atom stereocenters. The van der Waals surface area contributed by atoms with E-state index in [1.807, 2.05) is 0 Å². The van der Waals surface area contributed by atoms with Gasteiger partial charge in [0.2, 0.25) is 0 Å². The quantitative estimate of drug-likeness (QED) is 0.374. The normalized spacial score (nSPS) is 9.33. The van der Waals surface area contributed by atoms with Crippen LogP contribution >= 0.6 is 0 Å². The highest BCUT2D eigenvalue weighted by Gasteiger charge is 2.15. The van der Waals surface area contributed by atoms with E-state index < -0.39 is 16.9 Å². The molecule has 0 fully saturated rings. The fourth-order valence-electron chi connectivity index (χ4n) is 1.50. The molecule has 0 spiro atoms. The van der Waals surface area contributed by atoms with Crippen LogP contribution < -0.4 is 0 Å². The Morgan fingerprint density at radius 2 is 1.33 bits per heavy atom. The van der Waals surface area contributed by atoms with Gasteiger partial charge in [-0.05, 0) is 24.3 Å². The summed E-state index contributed by atoms with van der Waals surface area (Å²) in [6.45, 7) is 0. The highest BCUT2D eigenvalue weighted by atomic mass is 16.6. The van der Waals surface area contributed by atoms with E-state index in [2.05, 4.69) is 4.74 Å². The SMILES string of the molecule is C.O=C(OC(=O)c1ccc([N+](=O)[O-])cc1)c1ccccc1. The van der Waals surface area contributed by atoms with Gasteiger partial charge >= 0.3 is 11.9 Å². The number of carbonyl (C=O) groups is 2. The first-order valence-electron chi connectivity index (χ1n) is 5.64. The molecule has 0 saturated carbocycles. The van der Waals surface area contributed by atoms with Crippen molar-refractivity contribution in [3.8, 4) is 0 Å². The van der Waals surface area contributed by atoms with Gasteiger partial charge in [-0.25, -0.2) is 9.59 Å². The topological polar surface area (TPSA) is 86.5 Å². The van der Waals surface area contributed by atoms with Gasteiger partial charge in [0.25, 0.3) is 5.69 Å². The zero-order chi connectivity index (χ0) is 14.5. The summed E-state index contributed by atoms with van der Waals surface area (Å²) in [4.78, 5) is 33.2. The number of nitro groups is 1. The molecule has 0 saturated heterocycles. The summed E-state index contributed by atoms with van der Waals surface area (Å²) in [7, 11) is 0. The molecule has 108 valence electrons. The van der Waals surface area contributed by atoms with Gasteiger partial charge in [0.05, 0.1) is 16.1 Å². The van der Waals surface area contributed by atoms with Gasteiger partial charge < -0.3 is 4.74 Å².